The molecule has 1 heterocycles. The quantitative estimate of drug-likeness (QED) is 0.275. The zero-order chi connectivity index (χ0) is 23.6. The monoisotopic (exact) mass is 494 g/mol. The number of ketones is 1. The Hall–Kier alpha value is -2.70. The first kappa shape index (κ1) is 26.9. The Labute approximate surface area is 215 Å². The van der Waals surface area contributed by atoms with Gasteiger partial charge in [0.15, 0.2) is 5.78 Å². The zero-order valence-corrected chi connectivity index (χ0v) is 21.2. The zero-order valence-electron chi connectivity index (χ0n) is 20.4. The molecule has 0 saturated carbocycles. The summed E-state index contributed by atoms with van der Waals surface area (Å²) in [5.41, 5.74) is 3.86. The summed E-state index contributed by atoms with van der Waals surface area (Å²) in [5, 5.41) is 0. The third kappa shape index (κ3) is 8.48. The first-order valence-electron chi connectivity index (χ1n) is 12.1. The molecule has 0 aromatic heterocycles. The second-order valence-corrected chi connectivity index (χ2v) is 8.86. The minimum atomic E-state index is 0. The van der Waals surface area contributed by atoms with E-state index in [1.165, 1.54) is 11.1 Å². The van der Waals surface area contributed by atoms with E-state index in [0.29, 0.717) is 17.7 Å². The Morgan fingerprint density at radius 1 is 0.857 bits per heavy atom. The molecule has 186 valence electrons. The lowest BCUT2D eigenvalue weighted by molar-refractivity contribution is 0.0358. The van der Waals surface area contributed by atoms with Gasteiger partial charge in [-0.25, -0.2) is 0 Å². The molecule has 0 radical (unpaired) electrons. The van der Waals surface area contributed by atoms with Gasteiger partial charge in [0.2, 0.25) is 0 Å². The first-order chi connectivity index (χ1) is 16.7. The van der Waals surface area contributed by atoms with Crippen LogP contribution in [-0.4, -0.2) is 62.1 Å². The van der Waals surface area contributed by atoms with Crippen LogP contribution in [-0.2, 0) is 17.8 Å². The highest BCUT2D eigenvalue weighted by Gasteiger charge is 2.11. The summed E-state index contributed by atoms with van der Waals surface area (Å²) in [4.78, 5) is 17.6. The molecule has 3 aromatic carbocycles. The van der Waals surface area contributed by atoms with E-state index in [9.17, 15) is 4.79 Å². The van der Waals surface area contributed by atoms with Gasteiger partial charge in [-0.15, -0.1) is 12.4 Å². The van der Waals surface area contributed by atoms with E-state index in [4.69, 9.17) is 9.47 Å². The Kier molecular flexibility index (Phi) is 10.8. The van der Waals surface area contributed by atoms with Crippen molar-refractivity contribution in [2.24, 2.45) is 0 Å². The van der Waals surface area contributed by atoms with Crippen LogP contribution in [0.25, 0.3) is 0 Å². The van der Waals surface area contributed by atoms with E-state index in [1.807, 2.05) is 54.6 Å². The molecule has 1 aliphatic heterocycles. The lowest BCUT2D eigenvalue weighted by atomic mass is 10.0. The molecule has 3 aromatic rings. The van der Waals surface area contributed by atoms with Crippen LogP contribution in [0.3, 0.4) is 0 Å². The minimum Gasteiger partial charge on any atom is -0.494 e. The topological polar surface area (TPSA) is 42.0 Å². The lowest BCUT2D eigenvalue weighted by Gasteiger charge is -2.26. The number of carbonyl (C=O) groups is 1. The highest BCUT2D eigenvalue weighted by atomic mass is 35.5. The Balaban J connectivity index is 0.00000342. The first-order valence-corrected chi connectivity index (χ1v) is 12.1. The van der Waals surface area contributed by atoms with Gasteiger partial charge in [0, 0.05) is 43.9 Å². The van der Waals surface area contributed by atoms with Crippen molar-refractivity contribution in [3.8, 4) is 5.75 Å². The molecule has 0 amide bonds. The van der Waals surface area contributed by atoms with Gasteiger partial charge in [0.1, 0.15) is 5.75 Å². The Morgan fingerprint density at radius 2 is 1.43 bits per heavy atom. The van der Waals surface area contributed by atoms with Crippen LogP contribution in [0.4, 0.5) is 0 Å². The molecule has 0 aliphatic carbocycles. The number of benzene rings is 3. The molecule has 1 saturated heterocycles. The fourth-order valence-corrected chi connectivity index (χ4v) is 4.20. The molecule has 1 aliphatic rings. The molecule has 0 bridgehead atoms. The van der Waals surface area contributed by atoms with Gasteiger partial charge in [-0.1, -0.05) is 54.6 Å². The van der Waals surface area contributed by atoms with Crippen LogP contribution in [0.2, 0.25) is 0 Å². The number of hydrogen-bond donors (Lipinski definition) is 0. The summed E-state index contributed by atoms with van der Waals surface area (Å²) in [6.07, 6.45) is 0.980. The highest BCUT2D eigenvalue weighted by molar-refractivity contribution is 6.09. The van der Waals surface area contributed by atoms with Crippen LogP contribution >= 0.6 is 12.4 Å². The van der Waals surface area contributed by atoms with Crippen LogP contribution in [0.15, 0.2) is 78.9 Å². The van der Waals surface area contributed by atoms with E-state index >= 15 is 0 Å². The third-order valence-electron chi connectivity index (χ3n) is 6.07. The highest BCUT2D eigenvalue weighted by Crippen LogP contribution is 2.17. The SMILES string of the molecule is CN(Cc1ccccc1)Cc1ccc(C(=O)c2ccc(OCCCN3CCOCC3)cc2)cc1.Cl. The van der Waals surface area contributed by atoms with Gasteiger partial charge >= 0.3 is 0 Å². The average molecular weight is 495 g/mol. The van der Waals surface area contributed by atoms with Crippen molar-refractivity contribution >= 4 is 18.2 Å². The summed E-state index contributed by atoms with van der Waals surface area (Å²) in [6.45, 7) is 7.08. The number of morpholine rings is 1. The fourth-order valence-electron chi connectivity index (χ4n) is 4.20. The predicted octanol–water partition coefficient (Wildman–Crippen LogP) is 5.07. The van der Waals surface area contributed by atoms with E-state index < -0.39 is 0 Å². The van der Waals surface area contributed by atoms with Gasteiger partial charge in [-0.05, 0) is 48.9 Å². The number of carbonyl (C=O) groups excluding carboxylic acids is 1. The van der Waals surface area contributed by atoms with Crippen molar-refractivity contribution in [3.05, 3.63) is 101 Å². The molecule has 0 atom stereocenters. The molecule has 0 unspecified atom stereocenters. The average Bonchev–Trinajstić information content (AvgIpc) is 2.88. The molecule has 5 nitrogen and oxygen atoms in total. The fraction of sp³-hybridized carbons (Fsp3) is 0.345. The summed E-state index contributed by atoms with van der Waals surface area (Å²) >= 11 is 0. The maximum absolute atomic E-state index is 12.9. The van der Waals surface area contributed by atoms with Crippen molar-refractivity contribution in [1.82, 2.24) is 9.80 Å². The van der Waals surface area contributed by atoms with Gasteiger partial charge < -0.3 is 9.47 Å². The number of ether oxygens (including phenoxy) is 2. The number of nitrogens with zero attached hydrogens (tertiary/aromatic N) is 2. The molecular weight excluding hydrogens is 460 g/mol. The molecule has 4 rings (SSSR count). The van der Waals surface area contributed by atoms with Gasteiger partial charge in [-0.3, -0.25) is 14.6 Å². The minimum absolute atomic E-state index is 0. The number of hydrogen-bond acceptors (Lipinski definition) is 5. The smallest absolute Gasteiger partial charge is 0.193 e. The van der Waals surface area contributed by atoms with Crippen molar-refractivity contribution < 1.29 is 14.3 Å². The van der Waals surface area contributed by atoms with E-state index in [1.54, 1.807) is 0 Å². The normalized spacial score (nSPS) is 13.9. The van der Waals surface area contributed by atoms with Crippen molar-refractivity contribution in [2.75, 3.05) is 46.5 Å². The lowest BCUT2D eigenvalue weighted by Crippen LogP contribution is -2.37. The van der Waals surface area contributed by atoms with Crippen molar-refractivity contribution in [1.29, 1.82) is 0 Å². The number of rotatable bonds is 11. The molecule has 0 N–H and O–H groups in total. The maximum atomic E-state index is 12.9. The summed E-state index contributed by atoms with van der Waals surface area (Å²) < 4.78 is 11.2. The van der Waals surface area contributed by atoms with Crippen LogP contribution < -0.4 is 4.74 Å². The van der Waals surface area contributed by atoms with Crippen molar-refractivity contribution in [3.63, 3.8) is 0 Å². The second kappa shape index (κ2) is 14.0. The van der Waals surface area contributed by atoms with Gasteiger partial charge in [0.25, 0.3) is 0 Å². The van der Waals surface area contributed by atoms with Crippen molar-refractivity contribution in [2.45, 2.75) is 19.5 Å². The summed E-state index contributed by atoms with van der Waals surface area (Å²) in [5.74, 6) is 0.832. The van der Waals surface area contributed by atoms with Crippen LogP contribution in [0, 0.1) is 0 Å². The second-order valence-electron chi connectivity index (χ2n) is 8.86. The standard InChI is InChI=1S/C29H34N2O3.ClH/c1-30(22-24-6-3-2-4-7-24)23-25-8-10-26(11-9-25)29(32)27-12-14-28(15-13-27)34-19-5-16-31-17-20-33-21-18-31;/h2-4,6-15H,5,16-23H2,1H3;1H. The molecular formula is C29H35ClN2O3. The third-order valence-corrected chi connectivity index (χ3v) is 6.07. The molecule has 6 heteroatoms. The molecule has 0 spiro atoms. The van der Waals surface area contributed by atoms with Crippen LogP contribution in [0.1, 0.15) is 33.5 Å². The Morgan fingerprint density at radius 3 is 2.06 bits per heavy atom. The van der Waals surface area contributed by atoms with E-state index in [2.05, 4.69) is 41.1 Å². The maximum Gasteiger partial charge on any atom is 0.193 e. The number of halogens is 1. The Bertz CT molecular complexity index is 1020. The predicted molar refractivity (Wildman–Crippen MR) is 143 cm³/mol. The van der Waals surface area contributed by atoms with E-state index in [0.717, 1.165) is 58.1 Å². The van der Waals surface area contributed by atoms with Crippen LogP contribution in [0.5, 0.6) is 5.75 Å². The largest absolute Gasteiger partial charge is 0.494 e. The van der Waals surface area contributed by atoms with Gasteiger partial charge in [-0.2, -0.15) is 0 Å². The molecule has 1 fully saturated rings. The van der Waals surface area contributed by atoms with Gasteiger partial charge in [0.05, 0.1) is 19.8 Å². The summed E-state index contributed by atoms with van der Waals surface area (Å²) in [7, 11) is 2.11. The molecule has 35 heavy (non-hydrogen) atoms. The van der Waals surface area contributed by atoms with E-state index in [-0.39, 0.29) is 18.2 Å². The summed E-state index contributed by atoms with van der Waals surface area (Å²) in [6, 6.07) is 25.8.